The average Bonchev–Trinajstić information content (AvgIpc) is 2.69. The standard InChI is InChI=1S/C20H14BrCl2N3O3/c1-2-28-17-10-12(9-14(21)19(17)29-7-6-24)8-13(11-25)20(27)26-16-5-3-4-15(22)18(16)23/h3-5,8-10H,2,7H2,1H3,(H,26,27)/b13-8-. The minimum Gasteiger partial charge on any atom is -0.490 e. The molecule has 1 N–H and O–H groups in total. The summed E-state index contributed by atoms with van der Waals surface area (Å²) in [7, 11) is 0. The second kappa shape index (κ2) is 10.7. The van der Waals surface area contributed by atoms with E-state index in [0.29, 0.717) is 33.8 Å². The first kappa shape index (κ1) is 22.6. The summed E-state index contributed by atoms with van der Waals surface area (Å²) in [5, 5.41) is 21.2. The van der Waals surface area contributed by atoms with Crippen LogP contribution >= 0.6 is 39.1 Å². The molecule has 0 fully saturated rings. The van der Waals surface area contributed by atoms with Crippen LogP contribution in [0.1, 0.15) is 12.5 Å². The lowest BCUT2D eigenvalue weighted by atomic mass is 10.1. The van der Waals surface area contributed by atoms with Gasteiger partial charge in [-0.15, -0.1) is 0 Å². The van der Waals surface area contributed by atoms with Gasteiger partial charge in [0.15, 0.2) is 18.1 Å². The third-order valence-electron chi connectivity index (χ3n) is 3.49. The molecule has 0 atom stereocenters. The second-order valence-corrected chi connectivity index (χ2v) is 7.07. The molecule has 0 saturated heterocycles. The molecule has 2 rings (SSSR count). The minimum atomic E-state index is -0.643. The van der Waals surface area contributed by atoms with E-state index in [-0.39, 0.29) is 22.2 Å². The van der Waals surface area contributed by atoms with E-state index in [1.54, 1.807) is 37.3 Å². The quantitative estimate of drug-likeness (QED) is 0.399. The van der Waals surface area contributed by atoms with Crippen molar-refractivity contribution in [3.63, 3.8) is 0 Å². The molecule has 0 aliphatic carbocycles. The molecule has 0 aliphatic rings. The van der Waals surface area contributed by atoms with Crippen LogP contribution in [0, 0.1) is 22.7 Å². The van der Waals surface area contributed by atoms with Gasteiger partial charge in [-0.2, -0.15) is 10.5 Å². The van der Waals surface area contributed by atoms with Crippen molar-refractivity contribution in [3.05, 3.63) is 56.0 Å². The Balaban J connectivity index is 2.36. The van der Waals surface area contributed by atoms with Crippen LogP contribution in [-0.4, -0.2) is 19.1 Å². The fourth-order valence-corrected chi connectivity index (χ4v) is 3.21. The summed E-state index contributed by atoms with van der Waals surface area (Å²) in [5.74, 6) is 0.0914. The predicted octanol–water partition coefficient (Wildman–Crippen LogP) is 5.60. The fourth-order valence-electron chi connectivity index (χ4n) is 2.28. The number of anilines is 1. The number of rotatable bonds is 7. The molecule has 0 heterocycles. The number of nitrogens with one attached hydrogen (secondary N) is 1. The molecular formula is C20H14BrCl2N3O3. The fraction of sp³-hybridized carbons (Fsp3) is 0.150. The molecular weight excluding hydrogens is 481 g/mol. The van der Waals surface area contributed by atoms with Crippen molar-refractivity contribution in [2.75, 3.05) is 18.5 Å². The maximum Gasteiger partial charge on any atom is 0.266 e. The number of halogens is 3. The van der Waals surface area contributed by atoms with Gasteiger partial charge in [-0.05, 0) is 58.8 Å². The number of nitrogens with zero attached hydrogens (tertiary/aromatic N) is 2. The van der Waals surface area contributed by atoms with Crippen LogP contribution < -0.4 is 14.8 Å². The smallest absolute Gasteiger partial charge is 0.266 e. The molecule has 9 heteroatoms. The Morgan fingerprint density at radius 3 is 2.69 bits per heavy atom. The zero-order valence-corrected chi connectivity index (χ0v) is 18.2. The molecule has 2 aromatic rings. The number of ether oxygens (including phenoxy) is 2. The largest absolute Gasteiger partial charge is 0.490 e. The van der Waals surface area contributed by atoms with Crippen molar-refractivity contribution in [1.29, 1.82) is 10.5 Å². The molecule has 0 unspecified atom stereocenters. The average molecular weight is 495 g/mol. The third kappa shape index (κ3) is 5.88. The van der Waals surface area contributed by atoms with E-state index < -0.39 is 5.91 Å². The van der Waals surface area contributed by atoms with Crippen LogP contribution in [0.3, 0.4) is 0 Å². The Morgan fingerprint density at radius 2 is 2.03 bits per heavy atom. The highest BCUT2D eigenvalue weighted by molar-refractivity contribution is 9.10. The zero-order valence-electron chi connectivity index (χ0n) is 15.1. The monoisotopic (exact) mass is 493 g/mol. The van der Waals surface area contributed by atoms with Crippen molar-refractivity contribution >= 4 is 56.8 Å². The summed E-state index contributed by atoms with van der Waals surface area (Å²) in [5.41, 5.74) is 0.663. The van der Waals surface area contributed by atoms with Crippen molar-refractivity contribution in [3.8, 4) is 23.6 Å². The first-order chi connectivity index (χ1) is 13.9. The Labute approximate surface area is 186 Å². The lowest BCUT2D eigenvalue weighted by Gasteiger charge is -2.13. The Bertz CT molecular complexity index is 1040. The number of hydrogen-bond acceptors (Lipinski definition) is 5. The van der Waals surface area contributed by atoms with Crippen molar-refractivity contribution in [1.82, 2.24) is 0 Å². The Hall–Kier alpha value is -2.71. The van der Waals surface area contributed by atoms with Gasteiger partial charge in [-0.3, -0.25) is 4.79 Å². The molecule has 1 amide bonds. The molecule has 6 nitrogen and oxygen atoms in total. The summed E-state index contributed by atoms with van der Waals surface area (Å²) in [4.78, 5) is 12.5. The molecule has 0 bridgehead atoms. The van der Waals surface area contributed by atoms with Gasteiger partial charge in [0.05, 0.1) is 26.8 Å². The van der Waals surface area contributed by atoms with E-state index in [0.717, 1.165) is 0 Å². The van der Waals surface area contributed by atoms with E-state index in [9.17, 15) is 10.1 Å². The van der Waals surface area contributed by atoms with Crippen LogP contribution in [0.25, 0.3) is 6.08 Å². The topological polar surface area (TPSA) is 95.1 Å². The first-order valence-electron chi connectivity index (χ1n) is 8.24. The van der Waals surface area contributed by atoms with Gasteiger partial charge in [-0.25, -0.2) is 0 Å². The van der Waals surface area contributed by atoms with Gasteiger partial charge in [0.1, 0.15) is 17.7 Å². The van der Waals surface area contributed by atoms with Crippen LogP contribution in [0.15, 0.2) is 40.4 Å². The lowest BCUT2D eigenvalue weighted by molar-refractivity contribution is -0.112. The molecule has 0 aliphatic heterocycles. The molecule has 0 saturated carbocycles. The maximum atomic E-state index is 12.5. The van der Waals surface area contributed by atoms with E-state index >= 15 is 0 Å². The molecule has 0 radical (unpaired) electrons. The van der Waals surface area contributed by atoms with E-state index in [1.807, 2.05) is 12.1 Å². The molecule has 0 spiro atoms. The van der Waals surface area contributed by atoms with Crippen molar-refractivity contribution in [2.45, 2.75) is 6.92 Å². The predicted molar refractivity (Wildman–Crippen MR) is 115 cm³/mol. The molecule has 0 aromatic heterocycles. The van der Waals surface area contributed by atoms with Gasteiger partial charge in [-0.1, -0.05) is 29.3 Å². The second-order valence-electron chi connectivity index (χ2n) is 5.44. The summed E-state index contributed by atoms with van der Waals surface area (Å²) in [6.45, 7) is 2.01. The maximum absolute atomic E-state index is 12.5. The molecule has 29 heavy (non-hydrogen) atoms. The highest BCUT2D eigenvalue weighted by Gasteiger charge is 2.15. The number of nitriles is 2. The van der Waals surface area contributed by atoms with Gasteiger partial charge in [0.25, 0.3) is 5.91 Å². The number of amides is 1. The highest BCUT2D eigenvalue weighted by Crippen LogP contribution is 2.37. The molecule has 2 aromatic carbocycles. The number of hydrogen-bond donors (Lipinski definition) is 1. The number of benzene rings is 2. The Kier molecular flexibility index (Phi) is 8.35. The van der Waals surface area contributed by atoms with Gasteiger partial charge in [0.2, 0.25) is 0 Å². The number of carbonyl (C=O) groups excluding carboxylic acids is 1. The number of carbonyl (C=O) groups is 1. The highest BCUT2D eigenvalue weighted by atomic mass is 79.9. The summed E-state index contributed by atoms with van der Waals surface area (Å²) >= 11 is 15.4. The van der Waals surface area contributed by atoms with Crippen LogP contribution in [0.5, 0.6) is 11.5 Å². The summed E-state index contributed by atoms with van der Waals surface area (Å²) in [6, 6.07) is 11.8. The van der Waals surface area contributed by atoms with E-state index in [4.69, 9.17) is 37.9 Å². The normalized spacial score (nSPS) is 10.6. The van der Waals surface area contributed by atoms with E-state index in [2.05, 4.69) is 21.2 Å². The third-order valence-corrected chi connectivity index (χ3v) is 4.90. The summed E-state index contributed by atoms with van der Waals surface area (Å²) in [6.07, 6.45) is 1.40. The Morgan fingerprint density at radius 1 is 1.28 bits per heavy atom. The van der Waals surface area contributed by atoms with Crippen LogP contribution in [0.2, 0.25) is 10.0 Å². The lowest BCUT2D eigenvalue weighted by Crippen LogP contribution is -2.13. The van der Waals surface area contributed by atoms with Crippen LogP contribution in [-0.2, 0) is 4.79 Å². The zero-order chi connectivity index (χ0) is 21.4. The first-order valence-corrected chi connectivity index (χ1v) is 9.79. The van der Waals surface area contributed by atoms with Gasteiger partial charge in [0, 0.05) is 0 Å². The van der Waals surface area contributed by atoms with Gasteiger partial charge >= 0.3 is 0 Å². The van der Waals surface area contributed by atoms with E-state index in [1.165, 1.54) is 6.08 Å². The van der Waals surface area contributed by atoms with Crippen molar-refractivity contribution < 1.29 is 14.3 Å². The summed E-state index contributed by atoms with van der Waals surface area (Å²) < 4.78 is 11.4. The molecule has 148 valence electrons. The van der Waals surface area contributed by atoms with Crippen LogP contribution in [0.4, 0.5) is 5.69 Å². The minimum absolute atomic E-state index is 0.152. The van der Waals surface area contributed by atoms with Crippen molar-refractivity contribution in [2.24, 2.45) is 0 Å². The SMILES string of the molecule is CCOc1cc(/C=C(/C#N)C(=O)Nc2cccc(Cl)c2Cl)cc(Br)c1OCC#N. The van der Waals surface area contributed by atoms with Gasteiger partial charge < -0.3 is 14.8 Å².